The number of hydrogen-bond donors (Lipinski definition) is 0. The average Bonchev–Trinajstić information content (AvgIpc) is 1.98. The molecule has 1 rings (SSSR count). The van der Waals surface area contributed by atoms with E-state index in [2.05, 4.69) is 0 Å². The standard InChI is InChI=1S/C9H8O2/c10-7-8-5-3-1-2-4-6-9(8)11/h1-2,4-7H,3H2/b2-1-,6-4-,8-5-. The first kappa shape index (κ1) is 7.66. The van der Waals surface area contributed by atoms with Gasteiger partial charge in [-0.25, -0.2) is 0 Å². The van der Waals surface area contributed by atoms with Crippen molar-refractivity contribution in [3.05, 3.63) is 36.0 Å². The number of carbonyl (C=O) groups is 2. The van der Waals surface area contributed by atoms with Crippen LogP contribution >= 0.6 is 0 Å². The normalized spacial score (nSPS) is 27.6. The maximum atomic E-state index is 11.0. The molecule has 0 unspecified atom stereocenters. The summed E-state index contributed by atoms with van der Waals surface area (Å²) in [7, 11) is 0. The smallest absolute Gasteiger partial charge is 0.188 e. The van der Waals surface area contributed by atoms with Gasteiger partial charge in [0.25, 0.3) is 0 Å². The molecule has 0 N–H and O–H groups in total. The van der Waals surface area contributed by atoms with Crippen LogP contribution in [0.4, 0.5) is 0 Å². The van der Waals surface area contributed by atoms with E-state index in [1.165, 1.54) is 6.08 Å². The molecule has 0 aromatic heterocycles. The lowest BCUT2D eigenvalue weighted by Crippen LogP contribution is -2.00. The fraction of sp³-hybridized carbons (Fsp3) is 0.111. The molecule has 2 nitrogen and oxygen atoms in total. The van der Waals surface area contributed by atoms with E-state index in [0.717, 1.165) is 0 Å². The molecule has 0 saturated heterocycles. The predicted molar refractivity (Wildman–Crippen MR) is 42.1 cm³/mol. The SMILES string of the molecule is O=C/C1=C/C/C=C\C=C/C1=O. The van der Waals surface area contributed by atoms with Gasteiger partial charge in [-0.05, 0) is 12.5 Å². The molecule has 0 spiro atoms. The number of ketones is 1. The molecule has 0 atom stereocenters. The maximum Gasteiger partial charge on any atom is 0.188 e. The Morgan fingerprint density at radius 2 is 2.18 bits per heavy atom. The zero-order valence-electron chi connectivity index (χ0n) is 5.99. The first-order chi connectivity index (χ1) is 5.34. The molecule has 0 aromatic carbocycles. The summed E-state index contributed by atoms with van der Waals surface area (Å²) in [5, 5.41) is 0. The minimum atomic E-state index is -0.218. The molecule has 2 heteroatoms. The highest BCUT2D eigenvalue weighted by Gasteiger charge is 2.03. The summed E-state index contributed by atoms with van der Waals surface area (Å²) in [4.78, 5) is 21.3. The van der Waals surface area contributed by atoms with Crippen LogP contribution in [-0.4, -0.2) is 12.1 Å². The Hall–Kier alpha value is -1.44. The summed E-state index contributed by atoms with van der Waals surface area (Å²) in [6.45, 7) is 0. The van der Waals surface area contributed by atoms with Gasteiger partial charge in [-0.15, -0.1) is 0 Å². The Morgan fingerprint density at radius 3 is 2.91 bits per heavy atom. The van der Waals surface area contributed by atoms with E-state index >= 15 is 0 Å². The lowest BCUT2D eigenvalue weighted by atomic mass is 10.1. The maximum absolute atomic E-state index is 11.0. The second-order valence-electron chi connectivity index (χ2n) is 2.16. The van der Waals surface area contributed by atoms with Gasteiger partial charge in [0.15, 0.2) is 12.1 Å². The summed E-state index contributed by atoms with van der Waals surface area (Å²) < 4.78 is 0. The van der Waals surface area contributed by atoms with Crippen LogP contribution in [-0.2, 0) is 9.59 Å². The van der Waals surface area contributed by atoms with E-state index in [4.69, 9.17) is 0 Å². The highest BCUT2D eigenvalue weighted by Crippen LogP contribution is 2.01. The van der Waals surface area contributed by atoms with Gasteiger partial charge in [-0.2, -0.15) is 0 Å². The molecular weight excluding hydrogens is 140 g/mol. The molecule has 0 aromatic rings. The van der Waals surface area contributed by atoms with Crippen LogP contribution in [0.25, 0.3) is 0 Å². The topological polar surface area (TPSA) is 34.1 Å². The summed E-state index contributed by atoms with van der Waals surface area (Å²) in [5.41, 5.74) is 0.241. The van der Waals surface area contributed by atoms with E-state index in [1.807, 2.05) is 6.08 Å². The fourth-order valence-corrected chi connectivity index (χ4v) is 0.798. The molecule has 1 aliphatic rings. The van der Waals surface area contributed by atoms with Crippen LogP contribution in [0.15, 0.2) is 36.0 Å². The number of allylic oxidation sites excluding steroid dienone is 6. The van der Waals surface area contributed by atoms with Crippen molar-refractivity contribution in [2.45, 2.75) is 6.42 Å². The van der Waals surface area contributed by atoms with E-state index < -0.39 is 0 Å². The second-order valence-corrected chi connectivity index (χ2v) is 2.16. The van der Waals surface area contributed by atoms with Crippen molar-refractivity contribution in [2.75, 3.05) is 0 Å². The Kier molecular flexibility index (Phi) is 2.55. The molecule has 0 amide bonds. The van der Waals surface area contributed by atoms with Crippen molar-refractivity contribution in [1.82, 2.24) is 0 Å². The highest BCUT2D eigenvalue weighted by atomic mass is 16.1. The molecule has 56 valence electrons. The van der Waals surface area contributed by atoms with Crippen molar-refractivity contribution in [2.24, 2.45) is 0 Å². The molecule has 11 heavy (non-hydrogen) atoms. The third-order valence-electron chi connectivity index (χ3n) is 1.38. The Labute approximate surface area is 64.9 Å². The number of aldehydes is 1. The molecular formula is C9H8O2. The predicted octanol–water partition coefficient (Wildman–Crippen LogP) is 1.20. The Bertz CT molecular complexity index is 257. The highest BCUT2D eigenvalue weighted by molar-refractivity contribution is 6.17. The molecule has 0 radical (unpaired) electrons. The number of rotatable bonds is 1. The van der Waals surface area contributed by atoms with Crippen molar-refractivity contribution in [1.29, 1.82) is 0 Å². The van der Waals surface area contributed by atoms with Crippen LogP contribution in [0, 0.1) is 0 Å². The molecule has 0 saturated carbocycles. The first-order valence-electron chi connectivity index (χ1n) is 3.37. The van der Waals surface area contributed by atoms with Gasteiger partial charge in [-0.3, -0.25) is 9.59 Å². The first-order valence-corrected chi connectivity index (χ1v) is 3.37. The number of carbonyl (C=O) groups excluding carboxylic acids is 2. The lowest BCUT2D eigenvalue weighted by molar-refractivity contribution is -0.114. The zero-order chi connectivity index (χ0) is 8.10. The summed E-state index contributed by atoms with van der Waals surface area (Å²) >= 11 is 0. The van der Waals surface area contributed by atoms with Gasteiger partial charge in [0.05, 0.1) is 5.57 Å². The fourth-order valence-electron chi connectivity index (χ4n) is 0.798. The van der Waals surface area contributed by atoms with E-state index in [1.54, 1.807) is 18.2 Å². The van der Waals surface area contributed by atoms with Crippen LogP contribution < -0.4 is 0 Å². The average molecular weight is 148 g/mol. The van der Waals surface area contributed by atoms with Crippen molar-refractivity contribution >= 4 is 12.1 Å². The number of hydrogen-bond acceptors (Lipinski definition) is 2. The minimum Gasteiger partial charge on any atom is -0.298 e. The van der Waals surface area contributed by atoms with E-state index in [9.17, 15) is 9.59 Å². The largest absolute Gasteiger partial charge is 0.298 e. The van der Waals surface area contributed by atoms with Crippen LogP contribution in [0.1, 0.15) is 6.42 Å². The van der Waals surface area contributed by atoms with Gasteiger partial charge in [-0.1, -0.05) is 24.3 Å². The third kappa shape index (κ3) is 2.00. The van der Waals surface area contributed by atoms with Gasteiger partial charge >= 0.3 is 0 Å². The summed E-state index contributed by atoms with van der Waals surface area (Å²) in [6.07, 6.45) is 9.54. The van der Waals surface area contributed by atoms with Gasteiger partial charge in [0.2, 0.25) is 0 Å². The molecule has 0 bridgehead atoms. The van der Waals surface area contributed by atoms with Crippen molar-refractivity contribution in [3.63, 3.8) is 0 Å². The summed E-state index contributed by atoms with van der Waals surface area (Å²) in [5.74, 6) is -0.218. The lowest BCUT2D eigenvalue weighted by Gasteiger charge is -1.93. The zero-order valence-corrected chi connectivity index (χ0v) is 5.99. The van der Waals surface area contributed by atoms with Crippen molar-refractivity contribution < 1.29 is 9.59 Å². The third-order valence-corrected chi connectivity index (χ3v) is 1.38. The van der Waals surface area contributed by atoms with Crippen molar-refractivity contribution in [3.8, 4) is 0 Å². The Morgan fingerprint density at radius 1 is 1.36 bits per heavy atom. The van der Waals surface area contributed by atoms with E-state index in [0.29, 0.717) is 12.7 Å². The second kappa shape index (κ2) is 3.66. The van der Waals surface area contributed by atoms with Crippen LogP contribution in [0.3, 0.4) is 0 Å². The molecule has 0 fully saturated rings. The minimum absolute atomic E-state index is 0.218. The molecule has 1 aliphatic carbocycles. The van der Waals surface area contributed by atoms with Gasteiger partial charge in [0, 0.05) is 0 Å². The monoisotopic (exact) mass is 148 g/mol. The quantitative estimate of drug-likeness (QED) is 0.413. The molecule has 0 aliphatic heterocycles. The van der Waals surface area contributed by atoms with Crippen LogP contribution in [0.2, 0.25) is 0 Å². The summed E-state index contributed by atoms with van der Waals surface area (Å²) in [6, 6.07) is 0. The van der Waals surface area contributed by atoms with E-state index in [-0.39, 0.29) is 11.4 Å². The van der Waals surface area contributed by atoms with Gasteiger partial charge in [0.1, 0.15) is 0 Å². The molecule has 0 heterocycles. The van der Waals surface area contributed by atoms with Gasteiger partial charge < -0.3 is 0 Å². The van der Waals surface area contributed by atoms with Crippen LogP contribution in [0.5, 0.6) is 0 Å². The Balaban J connectivity index is 2.92.